The van der Waals surface area contributed by atoms with Crippen LogP contribution in [-0.2, 0) is 20.1 Å². The average molecular weight is 148 g/mol. The zero-order valence-electron chi connectivity index (χ0n) is 4.29. The van der Waals surface area contributed by atoms with Crippen molar-refractivity contribution in [3.05, 3.63) is 10.7 Å². The van der Waals surface area contributed by atoms with Gasteiger partial charge in [-0.05, 0) is 0 Å². The molecule has 0 aromatic carbocycles. The smallest absolute Gasteiger partial charge is 0.371 e. The van der Waals surface area contributed by atoms with Crippen molar-refractivity contribution in [1.29, 1.82) is 0 Å². The van der Waals surface area contributed by atoms with Crippen molar-refractivity contribution in [1.82, 2.24) is 0 Å². The van der Waals surface area contributed by atoms with Gasteiger partial charge in [-0.25, -0.2) is 9.00 Å². The first-order valence-electron chi connectivity index (χ1n) is 2.02. The van der Waals surface area contributed by atoms with Gasteiger partial charge >= 0.3 is 5.97 Å². The van der Waals surface area contributed by atoms with Crippen molar-refractivity contribution < 1.29 is 13.2 Å². The Kier molecular flexibility index (Phi) is 1.17. The Morgan fingerprint density at radius 3 is 2.11 bits per heavy atom. The van der Waals surface area contributed by atoms with Gasteiger partial charge in [-0.1, -0.05) is 0 Å². The Balaban J connectivity index is 3.06. The molecule has 0 bridgehead atoms. The van der Waals surface area contributed by atoms with Crippen LogP contribution in [0.4, 0.5) is 0 Å². The van der Waals surface area contributed by atoms with Crippen LogP contribution in [0.3, 0.4) is 0 Å². The molecule has 1 rings (SSSR count). The SMILES string of the molecule is NC1=C(N)S(=O)OC1=O. The van der Waals surface area contributed by atoms with Crippen molar-refractivity contribution in [3.63, 3.8) is 0 Å². The lowest BCUT2D eigenvalue weighted by atomic mass is 10.5. The normalized spacial score (nSPS) is 26.7. The molecule has 1 heterocycles. The highest BCUT2D eigenvalue weighted by molar-refractivity contribution is 7.85. The fraction of sp³-hybridized carbons (Fsp3) is 0. The van der Waals surface area contributed by atoms with Gasteiger partial charge in [-0.3, -0.25) is 0 Å². The molecule has 5 nitrogen and oxygen atoms in total. The lowest BCUT2D eigenvalue weighted by molar-refractivity contribution is -0.128. The van der Waals surface area contributed by atoms with Crippen LogP contribution >= 0.6 is 0 Å². The Morgan fingerprint density at radius 2 is 2.00 bits per heavy atom. The molecule has 0 aliphatic carbocycles. The Hall–Kier alpha value is -1.04. The highest BCUT2D eigenvalue weighted by Crippen LogP contribution is 2.10. The zero-order valence-corrected chi connectivity index (χ0v) is 5.10. The maximum Gasteiger partial charge on any atom is 0.371 e. The number of carbonyl (C=O) groups excluding carboxylic acids is 1. The van der Waals surface area contributed by atoms with Crippen LogP contribution in [0.2, 0.25) is 0 Å². The summed E-state index contributed by atoms with van der Waals surface area (Å²) in [5.74, 6) is -0.814. The molecule has 50 valence electrons. The molecule has 0 aromatic heterocycles. The number of carbonyl (C=O) groups is 1. The summed E-state index contributed by atoms with van der Waals surface area (Å²) in [6.45, 7) is 0. The summed E-state index contributed by atoms with van der Waals surface area (Å²) in [6.07, 6.45) is 0. The molecule has 0 radical (unpaired) electrons. The van der Waals surface area contributed by atoms with Gasteiger partial charge in [0.05, 0.1) is 0 Å². The van der Waals surface area contributed by atoms with Gasteiger partial charge in [-0.15, -0.1) is 0 Å². The monoisotopic (exact) mass is 148 g/mol. The lowest BCUT2D eigenvalue weighted by Gasteiger charge is -1.84. The second kappa shape index (κ2) is 1.73. The number of hydrogen-bond acceptors (Lipinski definition) is 5. The second-order valence-electron chi connectivity index (χ2n) is 1.38. The molecular formula is C3H4N2O3S. The quantitative estimate of drug-likeness (QED) is 0.426. The third-order valence-corrected chi connectivity index (χ3v) is 1.70. The van der Waals surface area contributed by atoms with Crippen LogP contribution in [-0.4, -0.2) is 10.2 Å². The minimum Gasteiger partial charge on any atom is -0.390 e. The second-order valence-corrected chi connectivity index (χ2v) is 2.46. The minimum atomic E-state index is -1.84. The van der Waals surface area contributed by atoms with Crippen LogP contribution in [0.15, 0.2) is 10.7 Å². The molecule has 9 heavy (non-hydrogen) atoms. The Bertz CT molecular complexity index is 199. The van der Waals surface area contributed by atoms with E-state index in [-0.39, 0.29) is 10.7 Å². The number of nitrogens with two attached hydrogens (primary N) is 2. The molecule has 0 aromatic rings. The fourth-order valence-corrected chi connectivity index (χ4v) is 0.929. The molecule has 0 fully saturated rings. The van der Waals surface area contributed by atoms with Gasteiger partial charge in [0.1, 0.15) is 0 Å². The lowest BCUT2D eigenvalue weighted by Crippen LogP contribution is -2.10. The van der Waals surface area contributed by atoms with Crippen molar-refractivity contribution in [2.45, 2.75) is 0 Å². The summed E-state index contributed by atoms with van der Waals surface area (Å²) in [4.78, 5) is 10.3. The highest BCUT2D eigenvalue weighted by Gasteiger charge is 2.27. The summed E-state index contributed by atoms with van der Waals surface area (Å²) < 4.78 is 14.5. The third kappa shape index (κ3) is 0.765. The van der Waals surface area contributed by atoms with Crippen LogP contribution in [0.5, 0.6) is 0 Å². The zero-order chi connectivity index (χ0) is 7.02. The van der Waals surface area contributed by atoms with Crippen molar-refractivity contribution in [2.75, 3.05) is 0 Å². The molecule has 0 amide bonds. The summed E-state index contributed by atoms with van der Waals surface area (Å²) in [5.41, 5.74) is 9.76. The van der Waals surface area contributed by atoms with E-state index in [1.165, 1.54) is 0 Å². The van der Waals surface area contributed by atoms with Gasteiger partial charge in [0.25, 0.3) is 11.1 Å². The molecule has 1 aliphatic heterocycles. The highest BCUT2D eigenvalue weighted by atomic mass is 32.2. The van der Waals surface area contributed by atoms with Crippen molar-refractivity contribution in [2.24, 2.45) is 11.5 Å². The molecule has 0 spiro atoms. The Labute approximate surface area is 53.3 Å². The fourth-order valence-electron chi connectivity index (χ4n) is 0.349. The first kappa shape index (κ1) is 6.09. The van der Waals surface area contributed by atoms with E-state index in [9.17, 15) is 9.00 Å². The van der Waals surface area contributed by atoms with Gasteiger partial charge < -0.3 is 15.7 Å². The topological polar surface area (TPSA) is 95.4 Å². The third-order valence-electron chi connectivity index (χ3n) is 0.816. The molecule has 0 saturated heterocycles. The molecule has 6 heteroatoms. The van der Waals surface area contributed by atoms with Gasteiger partial charge in [0, 0.05) is 0 Å². The maximum absolute atomic E-state index is 10.4. The van der Waals surface area contributed by atoms with Crippen LogP contribution in [0, 0.1) is 0 Å². The van der Waals surface area contributed by atoms with Crippen LogP contribution in [0.25, 0.3) is 0 Å². The maximum atomic E-state index is 10.4. The summed E-state index contributed by atoms with van der Waals surface area (Å²) in [6, 6.07) is 0. The minimum absolute atomic E-state index is 0.194. The molecule has 4 N–H and O–H groups in total. The summed E-state index contributed by atoms with van der Waals surface area (Å²) in [5, 5.41) is -0.194. The largest absolute Gasteiger partial charge is 0.390 e. The van der Waals surface area contributed by atoms with E-state index in [4.69, 9.17) is 11.5 Å². The summed E-state index contributed by atoms with van der Waals surface area (Å²) in [7, 11) is 0. The molecule has 1 aliphatic rings. The van der Waals surface area contributed by atoms with Crippen LogP contribution < -0.4 is 11.5 Å². The van der Waals surface area contributed by atoms with Gasteiger partial charge in [-0.2, -0.15) is 0 Å². The number of rotatable bonds is 0. The van der Waals surface area contributed by atoms with E-state index in [2.05, 4.69) is 4.18 Å². The molecule has 0 saturated carbocycles. The molecule has 1 atom stereocenters. The first-order chi connectivity index (χ1) is 4.13. The van der Waals surface area contributed by atoms with E-state index < -0.39 is 17.0 Å². The van der Waals surface area contributed by atoms with Crippen LogP contribution in [0.1, 0.15) is 0 Å². The average Bonchev–Trinajstić information content (AvgIpc) is 1.98. The predicted octanol–water partition coefficient (Wildman–Crippen LogP) is -1.71. The standard InChI is InChI=1S/C3H4N2O3S/c4-1-2(5)9(7)8-3(1)6/h4-5H2. The molecule has 1 unspecified atom stereocenters. The van der Waals surface area contributed by atoms with E-state index in [0.29, 0.717) is 0 Å². The van der Waals surface area contributed by atoms with E-state index >= 15 is 0 Å². The van der Waals surface area contributed by atoms with Gasteiger partial charge in [0.15, 0.2) is 10.7 Å². The van der Waals surface area contributed by atoms with E-state index in [0.717, 1.165) is 0 Å². The Morgan fingerprint density at radius 1 is 1.44 bits per heavy atom. The number of hydrogen-bond donors (Lipinski definition) is 2. The van der Waals surface area contributed by atoms with E-state index in [1.807, 2.05) is 0 Å². The van der Waals surface area contributed by atoms with Crippen molar-refractivity contribution in [3.8, 4) is 0 Å². The molecular weight excluding hydrogens is 144 g/mol. The van der Waals surface area contributed by atoms with E-state index in [1.54, 1.807) is 0 Å². The first-order valence-corrected chi connectivity index (χ1v) is 3.10. The van der Waals surface area contributed by atoms with Gasteiger partial charge in [0.2, 0.25) is 0 Å². The predicted molar refractivity (Wildman–Crippen MR) is 29.6 cm³/mol. The summed E-state index contributed by atoms with van der Waals surface area (Å²) >= 11 is -1.84. The van der Waals surface area contributed by atoms with Crippen molar-refractivity contribution >= 4 is 17.0 Å².